The SMILES string of the molecule is Cc1cccc(C(=O)CCCC2CCCO2)c1. The van der Waals surface area contributed by atoms with E-state index >= 15 is 0 Å². The Balaban J connectivity index is 1.77. The fraction of sp³-hybridized carbons (Fsp3) is 0.533. The van der Waals surface area contributed by atoms with Gasteiger partial charge in [-0.15, -0.1) is 0 Å². The minimum Gasteiger partial charge on any atom is -0.378 e. The fourth-order valence-corrected chi connectivity index (χ4v) is 2.33. The fourth-order valence-electron chi connectivity index (χ4n) is 2.33. The normalized spacial score (nSPS) is 19.5. The third-order valence-corrected chi connectivity index (χ3v) is 3.29. The monoisotopic (exact) mass is 232 g/mol. The van der Waals surface area contributed by atoms with Crippen molar-refractivity contribution in [3.05, 3.63) is 35.4 Å². The first-order chi connectivity index (χ1) is 8.25. The number of rotatable bonds is 5. The molecular formula is C15H20O2. The molecule has 0 N–H and O–H groups in total. The number of aryl methyl sites for hydroxylation is 1. The lowest BCUT2D eigenvalue weighted by Gasteiger charge is -2.08. The summed E-state index contributed by atoms with van der Waals surface area (Å²) in [5.74, 6) is 0.256. The van der Waals surface area contributed by atoms with Crippen molar-refractivity contribution < 1.29 is 9.53 Å². The van der Waals surface area contributed by atoms with Gasteiger partial charge in [0.1, 0.15) is 0 Å². The van der Waals surface area contributed by atoms with Crippen LogP contribution in [0.25, 0.3) is 0 Å². The summed E-state index contributed by atoms with van der Waals surface area (Å²) in [6.07, 6.45) is 5.35. The molecule has 2 heteroatoms. The van der Waals surface area contributed by atoms with Gasteiger partial charge in [-0.1, -0.05) is 23.8 Å². The van der Waals surface area contributed by atoms with Crippen LogP contribution in [0.1, 0.15) is 48.0 Å². The number of carbonyl (C=O) groups excluding carboxylic acids is 1. The molecule has 0 aromatic heterocycles. The van der Waals surface area contributed by atoms with Crippen LogP contribution in [-0.2, 0) is 4.74 Å². The molecule has 17 heavy (non-hydrogen) atoms. The van der Waals surface area contributed by atoms with E-state index in [0.29, 0.717) is 12.5 Å². The summed E-state index contributed by atoms with van der Waals surface area (Å²) in [4.78, 5) is 11.9. The van der Waals surface area contributed by atoms with Crippen molar-refractivity contribution in [1.29, 1.82) is 0 Å². The van der Waals surface area contributed by atoms with Gasteiger partial charge in [-0.2, -0.15) is 0 Å². The third-order valence-electron chi connectivity index (χ3n) is 3.29. The highest BCUT2D eigenvalue weighted by Crippen LogP contribution is 2.18. The Kier molecular flexibility index (Phi) is 4.32. The number of Topliss-reactive ketones (excluding diaryl/α,β-unsaturated/α-hetero) is 1. The highest BCUT2D eigenvalue weighted by molar-refractivity contribution is 5.96. The first-order valence-electron chi connectivity index (χ1n) is 6.47. The summed E-state index contributed by atoms with van der Waals surface area (Å²) in [5, 5.41) is 0. The molecule has 0 amide bonds. The number of ketones is 1. The predicted molar refractivity (Wildman–Crippen MR) is 68.3 cm³/mol. The van der Waals surface area contributed by atoms with E-state index in [1.807, 2.05) is 31.2 Å². The van der Waals surface area contributed by atoms with E-state index in [0.717, 1.165) is 30.6 Å². The van der Waals surface area contributed by atoms with Gasteiger partial charge in [-0.05, 0) is 38.7 Å². The second kappa shape index (κ2) is 5.97. The van der Waals surface area contributed by atoms with E-state index in [2.05, 4.69) is 0 Å². The van der Waals surface area contributed by atoms with Crippen LogP contribution in [0.4, 0.5) is 0 Å². The number of hydrogen-bond acceptors (Lipinski definition) is 2. The van der Waals surface area contributed by atoms with Crippen LogP contribution in [0, 0.1) is 6.92 Å². The van der Waals surface area contributed by atoms with E-state index < -0.39 is 0 Å². The summed E-state index contributed by atoms with van der Waals surface area (Å²) in [5.41, 5.74) is 1.99. The van der Waals surface area contributed by atoms with Gasteiger partial charge in [0.05, 0.1) is 6.10 Å². The summed E-state index contributed by atoms with van der Waals surface area (Å²) < 4.78 is 5.55. The molecule has 1 heterocycles. The molecule has 92 valence electrons. The molecule has 2 rings (SSSR count). The van der Waals surface area contributed by atoms with Crippen molar-refractivity contribution in [2.24, 2.45) is 0 Å². The van der Waals surface area contributed by atoms with Gasteiger partial charge >= 0.3 is 0 Å². The van der Waals surface area contributed by atoms with Crippen molar-refractivity contribution in [1.82, 2.24) is 0 Å². The standard InChI is InChI=1S/C15H20O2/c1-12-5-2-6-13(11-12)15(16)9-3-7-14-8-4-10-17-14/h2,5-6,11,14H,3-4,7-10H2,1H3. The topological polar surface area (TPSA) is 26.3 Å². The zero-order valence-corrected chi connectivity index (χ0v) is 10.4. The van der Waals surface area contributed by atoms with Crippen molar-refractivity contribution in [3.8, 4) is 0 Å². The molecule has 1 unspecified atom stereocenters. The Bertz CT molecular complexity index is 378. The maximum Gasteiger partial charge on any atom is 0.162 e. The Morgan fingerprint density at radius 1 is 1.47 bits per heavy atom. The van der Waals surface area contributed by atoms with E-state index in [-0.39, 0.29) is 5.78 Å². The van der Waals surface area contributed by atoms with Crippen LogP contribution in [0.15, 0.2) is 24.3 Å². The molecular weight excluding hydrogens is 212 g/mol. The Morgan fingerprint density at radius 2 is 2.35 bits per heavy atom. The molecule has 0 spiro atoms. The van der Waals surface area contributed by atoms with E-state index in [9.17, 15) is 4.79 Å². The molecule has 1 aromatic carbocycles. The molecule has 2 nitrogen and oxygen atoms in total. The lowest BCUT2D eigenvalue weighted by Crippen LogP contribution is -2.06. The van der Waals surface area contributed by atoms with Crippen molar-refractivity contribution in [2.75, 3.05) is 6.61 Å². The number of benzene rings is 1. The minimum absolute atomic E-state index is 0.256. The van der Waals surface area contributed by atoms with Gasteiger partial charge in [0.15, 0.2) is 5.78 Å². The second-order valence-electron chi connectivity index (χ2n) is 4.82. The molecule has 0 saturated carbocycles. The molecule has 1 aliphatic heterocycles. The number of carbonyl (C=O) groups is 1. The summed E-state index contributed by atoms with van der Waals surface area (Å²) in [7, 11) is 0. The average molecular weight is 232 g/mol. The lowest BCUT2D eigenvalue weighted by atomic mass is 10.0. The first-order valence-corrected chi connectivity index (χ1v) is 6.47. The molecule has 1 aromatic rings. The van der Waals surface area contributed by atoms with Crippen LogP contribution < -0.4 is 0 Å². The second-order valence-corrected chi connectivity index (χ2v) is 4.82. The maximum atomic E-state index is 11.9. The van der Waals surface area contributed by atoms with Crippen molar-refractivity contribution >= 4 is 5.78 Å². The molecule has 0 aliphatic carbocycles. The summed E-state index contributed by atoms with van der Waals surface area (Å²) >= 11 is 0. The Morgan fingerprint density at radius 3 is 3.06 bits per heavy atom. The maximum absolute atomic E-state index is 11.9. The Labute approximate surface area is 103 Å². The van der Waals surface area contributed by atoms with Gasteiger partial charge < -0.3 is 4.74 Å². The van der Waals surface area contributed by atoms with Gasteiger partial charge in [0.25, 0.3) is 0 Å². The van der Waals surface area contributed by atoms with Crippen molar-refractivity contribution in [2.45, 2.75) is 45.1 Å². The zero-order valence-electron chi connectivity index (χ0n) is 10.4. The van der Waals surface area contributed by atoms with Crippen LogP contribution in [-0.4, -0.2) is 18.5 Å². The van der Waals surface area contributed by atoms with E-state index in [1.165, 1.54) is 12.8 Å². The summed E-state index contributed by atoms with van der Waals surface area (Å²) in [6, 6.07) is 7.83. The van der Waals surface area contributed by atoms with Gasteiger partial charge in [0, 0.05) is 18.6 Å². The Hall–Kier alpha value is -1.15. The zero-order chi connectivity index (χ0) is 12.1. The molecule has 1 saturated heterocycles. The average Bonchev–Trinajstić information content (AvgIpc) is 2.82. The van der Waals surface area contributed by atoms with Crippen LogP contribution in [0.5, 0.6) is 0 Å². The van der Waals surface area contributed by atoms with Gasteiger partial charge in [-0.3, -0.25) is 4.79 Å². The first kappa shape index (κ1) is 12.3. The van der Waals surface area contributed by atoms with Gasteiger partial charge in [-0.25, -0.2) is 0 Å². The minimum atomic E-state index is 0.256. The van der Waals surface area contributed by atoms with Crippen LogP contribution in [0.3, 0.4) is 0 Å². The molecule has 0 bridgehead atoms. The van der Waals surface area contributed by atoms with E-state index in [1.54, 1.807) is 0 Å². The molecule has 1 fully saturated rings. The highest BCUT2D eigenvalue weighted by Gasteiger charge is 2.15. The molecule has 1 atom stereocenters. The van der Waals surface area contributed by atoms with Crippen LogP contribution >= 0.6 is 0 Å². The largest absolute Gasteiger partial charge is 0.378 e. The van der Waals surface area contributed by atoms with Gasteiger partial charge in [0.2, 0.25) is 0 Å². The number of ether oxygens (including phenoxy) is 1. The van der Waals surface area contributed by atoms with Crippen molar-refractivity contribution in [3.63, 3.8) is 0 Å². The smallest absolute Gasteiger partial charge is 0.162 e. The molecule has 0 radical (unpaired) electrons. The predicted octanol–water partition coefficient (Wildman–Crippen LogP) is 3.53. The summed E-state index contributed by atoms with van der Waals surface area (Å²) in [6.45, 7) is 2.92. The quantitative estimate of drug-likeness (QED) is 0.726. The lowest BCUT2D eigenvalue weighted by molar-refractivity contribution is 0.0922. The highest BCUT2D eigenvalue weighted by atomic mass is 16.5. The third kappa shape index (κ3) is 3.67. The van der Waals surface area contributed by atoms with E-state index in [4.69, 9.17) is 4.74 Å². The molecule has 1 aliphatic rings. The van der Waals surface area contributed by atoms with Crippen LogP contribution in [0.2, 0.25) is 0 Å². The number of hydrogen-bond donors (Lipinski definition) is 0.